The first-order valence-electron chi connectivity index (χ1n) is 7.86. The lowest BCUT2D eigenvalue weighted by atomic mass is 10.1. The number of aromatic hydroxyl groups is 1. The van der Waals surface area contributed by atoms with Crippen LogP contribution in [0.5, 0.6) is 5.88 Å². The third kappa shape index (κ3) is 3.90. The van der Waals surface area contributed by atoms with Gasteiger partial charge in [0, 0.05) is 11.8 Å². The van der Waals surface area contributed by atoms with Gasteiger partial charge in [-0.3, -0.25) is 24.1 Å². The predicted octanol–water partition coefficient (Wildman–Crippen LogP) is 3.69. The Morgan fingerprint density at radius 3 is 2.41 bits per heavy atom. The van der Waals surface area contributed by atoms with Crippen molar-refractivity contribution in [3.05, 3.63) is 80.6 Å². The first kappa shape index (κ1) is 18.4. The average Bonchev–Trinajstić information content (AvgIpc) is 2.63. The highest BCUT2D eigenvalue weighted by atomic mass is 32.1. The fourth-order valence-electron chi connectivity index (χ4n) is 2.41. The Labute approximate surface area is 158 Å². The van der Waals surface area contributed by atoms with Crippen LogP contribution in [0.15, 0.2) is 58.3 Å². The van der Waals surface area contributed by atoms with Crippen LogP contribution in [0.1, 0.15) is 22.8 Å². The lowest BCUT2D eigenvalue weighted by molar-refractivity contribution is 0.101. The van der Waals surface area contributed by atoms with Crippen LogP contribution in [0.2, 0.25) is 0 Å². The summed E-state index contributed by atoms with van der Waals surface area (Å²) in [5.74, 6) is -0.926. The maximum atomic E-state index is 13.1. The lowest BCUT2D eigenvalue weighted by Crippen LogP contribution is -2.18. The number of benzene rings is 2. The van der Waals surface area contributed by atoms with Gasteiger partial charge in [0.2, 0.25) is 5.88 Å². The van der Waals surface area contributed by atoms with Crippen molar-refractivity contribution in [2.45, 2.75) is 6.92 Å². The quantitative estimate of drug-likeness (QED) is 0.409. The van der Waals surface area contributed by atoms with Crippen LogP contribution in [0, 0.1) is 10.6 Å². The van der Waals surface area contributed by atoms with E-state index in [1.807, 2.05) is 0 Å². The third-order valence-electron chi connectivity index (χ3n) is 3.82. The van der Waals surface area contributed by atoms with Gasteiger partial charge in [-0.15, -0.1) is 0 Å². The van der Waals surface area contributed by atoms with Gasteiger partial charge in [-0.1, -0.05) is 0 Å². The van der Waals surface area contributed by atoms with E-state index in [0.29, 0.717) is 16.9 Å². The second kappa shape index (κ2) is 7.46. The molecule has 6 nitrogen and oxygen atoms in total. The Morgan fingerprint density at radius 2 is 1.81 bits per heavy atom. The van der Waals surface area contributed by atoms with Crippen LogP contribution in [-0.2, 0) is 0 Å². The summed E-state index contributed by atoms with van der Waals surface area (Å²) in [7, 11) is 0. The molecule has 2 N–H and O–H groups in total. The molecule has 8 heteroatoms. The molecular weight excluding hydrogens is 369 g/mol. The van der Waals surface area contributed by atoms with Crippen molar-refractivity contribution in [1.82, 2.24) is 9.55 Å². The van der Waals surface area contributed by atoms with Gasteiger partial charge >= 0.3 is 0 Å². The third-order valence-corrected chi connectivity index (χ3v) is 4.11. The van der Waals surface area contributed by atoms with E-state index in [1.165, 1.54) is 42.0 Å². The van der Waals surface area contributed by atoms with Crippen LogP contribution >= 0.6 is 12.2 Å². The molecule has 0 saturated heterocycles. The van der Waals surface area contributed by atoms with E-state index < -0.39 is 17.3 Å². The van der Waals surface area contributed by atoms with Gasteiger partial charge in [0.15, 0.2) is 10.6 Å². The number of nitrogens with one attached hydrogen (secondary N) is 1. The molecule has 0 saturated carbocycles. The zero-order valence-electron chi connectivity index (χ0n) is 14.1. The maximum Gasteiger partial charge on any atom is 0.264 e. The van der Waals surface area contributed by atoms with Crippen LogP contribution in [-0.4, -0.2) is 26.7 Å². The van der Waals surface area contributed by atoms with Gasteiger partial charge in [-0.25, -0.2) is 4.39 Å². The zero-order chi connectivity index (χ0) is 19.6. The number of ketones is 1. The van der Waals surface area contributed by atoms with E-state index in [1.54, 1.807) is 24.3 Å². The summed E-state index contributed by atoms with van der Waals surface area (Å²) in [4.78, 5) is 30.1. The largest absolute Gasteiger partial charge is 0.494 e. The van der Waals surface area contributed by atoms with Gasteiger partial charge in [0.05, 0.1) is 11.4 Å². The van der Waals surface area contributed by atoms with E-state index in [2.05, 4.69) is 9.98 Å². The highest BCUT2D eigenvalue weighted by Crippen LogP contribution is 2.20. The SMILES string of the molecule is CC(=O)c1ccc(N=Cc2c(O)n(-c3ccc(F)cc3)c(=S)[nH]c2=O)cc1. The molecule has 3 aromatic rings. The van der Waals surface area contributed by atoms with Crippen molar-refractivity contribution in [2.75, 3.05) is 0 Å². The predicted molar refractivity (Wildman–Crippen MR) is 103 cm³/mol. The summed E-state index contributed by atoms with van der Waals surface area (Å²) in [5.41, 5.74) is 0.702. The first-order valence-corrected chi connectivity index (χ1v) is 8.27. The van der Waals surface area contributed by atoms with E-state index in [-0.39, 0.29) is 16.1 Å². The van der Waals surface area contributed by atoms with Gasteiger partial charge in [-0.2, -0.15) is 0 Å². The molecule has 1 heterocycles. The molecule has 1 aromatic heterocycles. The summed E-state index contributed by atoms with van der Waals surface area (Å²) in [6.07, 6.45) is 1.20. The number of aliphatic imine (C=N–C) groups is 1. The molecular formula is C19H14FN3O3S. The first-order chi connectivity index (χ1) is 12.9. The summed E-state index contributed by atoms with van der Waals surface area (Å²) in [6.45, 7) is 1.46. The highest BCUT2D eigenvalue weighted by Gasteiger charge is 2.12. The van der Waals surface area contributed by atoms with Crippen molar-refractivity contribution in [3.8, 4) is 11.6 Å². The van der Waals surface area contributed by atoms with Crippen molar-refractivity contribution in [2.24, 2.45) is 4.99 Å². The number of carbonyl (C=O) groups excluding carboxylic acids is 1. The molecule has 3 rings (SSSR count). The van der Waals surface area contributed by atoms with Crippen LogP contribution in [0.25, 0.3) is 5.69 Å². The molecule has 136 valence electrons. The number of carbonyl (C=O) groups is 1. The Bertz CT molecular complexity index is 1150. The number of aromatic amines is 1. The monoisotopic (exact) mass is 383 g/mol. The number of nitrogens with zero attached hydrogens (tertiary/aromatic N) is 2. The van der Waals surface area contributed by atoms with E-state index in [9.17, 15) is 19.1 Å². The van der Waals surface area contributed by atoms with Gasteiger partial charge in [0.25, 0.3) is 5.56 Å². The Morgan fingerprint density at radius 1 is 1.19 bits per heavy atom. The molecule has 0 bridgehead atoms. The number of rotatable bonds is 4. The maximum absolute atomic E-state index is 13.1. The van der Waals surface area contributed by atoms with Crippen molar-refractivity contribution < 1.29 is 14.3 Å². The zero-order valence-corrected chi connectivity index (χ0v) is 15.0. The number of halogens is 1. The lowest BCUT2D eigenvalue weighted by Gasteiger charge is -2.11. The molecule has 0 fully saturated rings. The number of hydrogen-bond donors (Lipinski definition) is 2. The smallest absolute Gasteiger partial charge is 0.264 e. The van der Waals surface area contributed by atoms with Gasteiger partial charge in [0.1, 0.15) is 11.4 Å². The van der Waals surface area contributed by atoms with Gasteiger partial charge < -0.3 is 5.11 Å². The molecule has 0 spiro atoms. The molecule has 2 aromatic carbocycles. The van der Waals surface area contributed by atoms with Crippen molar-refractivity contribution >= 4 is 29.9 Å². The highest BCUT2D eigenvalue weighted by molar-refractivity contribution is 7.71. The average molecular weight is 383 g/mol. The molecule has 27 heavy (non-hydrogen) atoms. The topological polar surface area (TPSA) is 87.4 Å². The van der Waals surface area contributed by atoms with E-state index >= 15 is 0 Å². The van der Waals surface area contributed by atoms with E-state index in [0.717, 1.165) is 0 Å². The minimum absolute atomic E-state index is 0.0351. The molecule has 0 unspecified atom stereocenters. The number of H-pyrrole nitrogens is 1. The van der Waals surface area contributed by atoms with Crippen molar-refractivity contribution in [3.63, 3.8) is 0 Å². The van der Waals surface area contributed by atoms with Crippen LogP contribution in [0.3, 0.4) is 0 Å². The molecule has 0 aliphatic rings. The molecule has 0 aliphatic carbocycles. The van der Waals surface area contributed by atoms with E-state index in [4.69, 9.17) is 12.2 Å². The second-order valence-electron chi connectivity index (χ2n) is 5.67. The van der Waals surface area contributed by atoms with Crippen molar-refractivity contribution in [1.29, 1.82) is 0 Å². The standard InChI is InChI=1S/C19H14FN3O3S/c1-11(24)12-2-6-14(7-3-12)21-10-16-17(25)22-19(27)23(18(16)26)15-8-4-13(20)5-9-15/h2-10,26H,1H3,(H,22,25,27). The summed E-state index contributed by atoms with van der Waals surface area (Å²) >= 11 is 5.10. The minimum atomic E-state index is -0.611. The Balaban J connectivity index is 2.04. The summed E-state index contributed by atoms with van der Waals surface area (Å²) in [5, 5.41) is 10.5. The Kier molecular flexibility index (Phi) is 5.09. The second-order valence-corrected chi connectivity index (χ2v) is 6.06. The van der Waals surface area contributed by atoms with Crippen LogP contribution < -0.4 is 5.56 Å². The fraction of sp³-hybridized carbons (Fsp3) is 0.0526. The number of Topliss-reactive ketones (excluding diaryl/α,β-unsaturated/α-hetero) is 1. The number of aromatic nitrogens is 2. The molecule has 0 radical (unpaired) electrons. The number of hydrogen-bond acceptors (Lipinski definition) is 5. The minimum Gasteiger partial charge on any atom is -0.494 e. The molecule has 0 amide bonds. The van der Waals surface area contributed by atoms with Crippen LogP contribution in [0.4, 0.5) is 10.1 Å². The fourth-order valence-corrected chi connectivity index (χ4v) is 2.69. The molecule has 0 aliphatic heterocycles. The summed E-state index contributed by atoms with van der Waals surface area (Å²) in [6, 6.07) is 11.7. The van der Waals surface area contributed by atoms with Gasteiger partial charge in [-0.05, 0) is 67.7 Å². The summed E-state index contributed by atoms with van der Waals surface area (Å²) < 4.78 is 14.3. The Hall–Kier alpha value is -3.39. The normalized spacial score (nSPS) is 11.0. The molecule has 0 atom stereocenters.